The number of pyridine rings is 1. The summed E-state index contributed by atoms with van der Waals surface area (Å²) in [5.74, 6) is 1.42. The fraction of sp³-hybridized carbons (Fsp3) is 0.0909. The first-order chi connectivity index (χ1) is 12.8. The number of hydrogen-bond acceptors (Lipinski definition) is 4. The molecule has 5 rings (SSSR count). The molecule has 2 aromatic heterocycles. The molecule has 1 aliphatic rings. The SMILES string of the molecule is COc1cncc(-c2ccc3nc(C4=Cc5ccccc5C4)oc3c2)c1. The van der Waals surface area contributed by atoms with Crippen LogP contribution in [0.1, 0.15) is 17.0 Å². The molecule has 0 aliphatic heterocycles. The lowest BCUT2D eigenvalue weighted by molar-refractivity contribution is 0.413. The molecular weight excluding hydrogens is 324 g/mol. The predicted octanol–water partition coefficient (Wildman–Crippen LogP) is 5.00. The number of oxazole rings is 1. The van der Waals surface area contributed by atoms with Gasteiger partial charge in [-0.2, -0.15) is 0 Å². The lowest BCUT2D eigenvalue weighted by atomic mass is 10.1. The summed E-state index contributed by atoms with van der Waals surface area (Å²) in [4.78, 5) is 8.89. The van der Waals surface area contributed by atoms with Gasteiger partial charge in [-0.1, -0.05) is 30.3 Å². The van der Waals surface area contributed by atoms with E-state index in [9.17, 15) is 0 Å². The maximum atomic E-state index is 6.07. The Morgan fingerprint density at radius 3 is 2.81 bits per heavy atom. The molecule has 0 fully saturated rings. The Hall–Kier alpha value is -3.40. The molecule has 26 heavy (non-hydrogen) atoms. The summed E-state index contributed by atoms with van der Waals surface area (Å²) in [6, 6.07) is 16.4. The van der Waals surface area contributed by atoms with Crippen LogP contribution in [0, 0.1) is 0 Å². The molecule has 0 radical (unpaired) electrons. The van der Waals surface area contributed by atoms with Crippen molar-refractivity contribution in [1.82, 2.24) is 9.97 Å². The molecule has 4 nitrogen and oxygen atoms in total. The number of allylic oxidation sites excluding steroid dienone is 1. The molecule has 0 spiro atoms. The van der Waals surface area contributed by atoms with E-state index in [2.05, 4.69) is 40.3 Å². The molecule has 4 aromatic rings. The Morgan fingerprint density at radius 2 is 1.92 bits per heavy atom. The van der Waals surface area contributed by atoms with Gasteiger partial charge in [-0.15, -0.1) is 0 Å². The van der Waals surface area contributed by atoms with Crippen LogP contribution >= 0.6 is 0 Å². The third-order valence-corrected chi connectivity index (χ3v) is 4.71. The van der Waals surface area contributed by atoms with Gasteiger partial charge in [-0.05, 0) is 41.0 Å². The van der Waals surface area contributed by atoms with Gasteiger partial charge in [0.2, 0.25) is 5.89 Å². The smallest absolute Gasteiger partial charge is 0.223 e. The van der Waals surface area contributed by atoms with Gasteiger partial charge < -0.3 is 9.15 Å². The lowest BCUT2D eigenvalue weighted by Crippen LogP contribution is -1.86. The molecule has 126 valence electrons. The molecule has 0 saturated carbocycles. The topological polar surface area (TPSA) is 48.2 Å². The first-order valence-electron chi connectivity index (χ1n) is 8.49. The Bertz CT molecular complexity index is 1160. The van der Waals surface area contributed by atoms with Gasteiger partial charge in [0.25, 0.3) is 0 Å². The number of aromatic nitrogens is 2. The summed E-state index contributed by atoms with van der Waals surface area (Å²) in [6.07, 6.45) is 6.53. The zero-order valence-corrected chi connectivity index (χ0v) is 14.3. The zero-order chi connectivity index (χ0) is 17.5. The average molecular weight is 340 g/mol. The summed E-state index contributed by atoms with van der Waals surface area (Å²) in [6.45, 7) is 0. The van der Waals surface area contributed by atoms with E-state index >= 15 is 0 Å². The maximum absolute atomic E-state index is 6.07. The second-order valence-corrected chi connectivity index (χ2v) is 6.36. The van der Waals surface area contributed by atoms with Crippen molar-refractivity contribution in [2.24, 2.45) is 0 Å². The Kier molecular flexibility index (Phi) is 3.35. The van der Waals surface area contributed by atoms with Gasteiger partial charge in [0.05, 0.1) is 13.3 Å². The molecule has 0 atom stereocenters. The number of benzene rings is 2. The maximum Gasteiger partial charge on any atom is 0.223 e. The van der Waals surface area contributed by atoms with Crippen LogP contribution in [0.3, 0.4) is 0 Å². The van der Waals surface area contributed by atoms with Gasteiger partial charge in [0.1, 0.15) is 11.3 Å². The number of fused-ring (bicyclic) bond motifs is 2. The van der Waals surface area contributed by atoms with Crippen molar-refractivity contribution in [1.29, 1.82) is 0 Å². The number of ether oxygens (including phenoxy) is 1. The molecular formula is C22H16N2O2. The third kappa shape index (κ3) is 2.47. The minimum Gasteiger partial charge on any atom is -0.495 e. The number of nitrogens with zero attached hydrogens (tertiary/aromatic N) is 2. The van der Waals surface area contributed by atoms with Crippen molar-refractivity contribution >= 4 is 22.7 Å². The normalized spacial score (nSPS) is 12.9. The van der Waals surface area contributed by atoms with Crippen LogP contribution in [0.2, 0.25) is 0 Å². The van der Waals surface area contributed by atoms with E-state index in [1.165, 1.54) is 11.1 Å². The summed E-state index contributed by atoms with van der Waals surface area (Å²) >= 11 is 0. The molecule has 0 saturated heterocycles. The number of methoxy groups -OCH3 is 1. The number of hydrogen-bond donors (Lipinski definition) is 0. The summed E-state index contributed by atoms with van der Waals surface area (Å²) in [5, 5.41) is 0. The van der Waals surface area contributed by atoms with E-state index < -0.39 is 0 Å². The highest BCUT2D eigenvalue weighted by molar-refractivity contribution is 5.89. The predicted molar refractivity (Wildman–Crippen MR) is 102 cm³/mol. The van der Waals surface area contributed by atoms with Crippen molar-refractivity contribution < 1.29 is 9.15 Å². The van der Waals surface area contributed by atoms with Crippen LogP contribution in [-0.4, -0.2) is 17.1 Å². The van der Waals surface area contributed by atoms with Gasteiger partial charge in [-0.3, -0.25) is 4.98 Å². The van der Waals surface area contributed by atoms with Crippen molar-refractivity contribution in [3.8, 4) is 16.9 Å². The first-order valence-corrected chi connectivity index (χ1v) is 8.49. The van der Waals surface area contributed by atoms with Crippen LogP contribution in [0.5, 0.6) is 5.75 Å². The Balaban J connectivity index is 1.53. The standard InChI is InChI=1S/C22H16N2O2/c1-25-19-10-18(12-23-13-19)16-6-7-20-21(11-16)26-22(24-20)17-8-14-4-2-3-5-15(14)9-17/h2-8,10-13H,9H2,1H3. The van der Waals surface area contributed by atoms with Gasteiger partial charge in [0.15, 0.2) is 5.58 Å². The highest BCUT2D eigenvalue weighted by Crippen LogP contribution is 2.33. The molecule has 0 N–H and O–H groups in total. The van der Waals surface area contributed by atoms with Crippen molar-refractivity contribution in [3.63, 3.8) is 0 Å². The molecule has 2 aromatic carbocycles. The van der Waals surface area contributed by atoms with E-state index in [-0.39, 0.29) is 0 Å². The minimum atomic E-state index is 0.692. The van der Waals surface area contributed by atoms with Gasteiger partial charge in [-0.25, -0.2) is 4.98 Å². The fourth-order valence-electron chi connectivity index (χ4n) is 3.35. The largest absolute Gasteiger partial charge is 0.495 e. The van der Waals surface area contributed by atoms with E-state index in [0.717, 1.165) is 40.0 Å². The molecule has 4 heteroatoms. The Labute approximate surface area is 150 Å². The van der Waals surface area contributed by atoms with Crippen LogP contribution in [0.15, 0.2) is 65.3 Å². The average Bonchev–Trinajstić information content (AvgIpc) is 3.31. The quantitative estimate of drug-likeness (QED) is 0.527. The van der Waals surface area contributed by atoms with Crippen molar-refractivity contribution in [3.05, 3.63) is 77.9 Å². The van der Waals surface area contributed by atoms with Crippen molar-refractivity contribution in [2.75, 3.05) is 7.11 Å². The monoisotopic (exact) mass is 340 g/mol. The zero-order valence-electron chi connectivity index (χ0n) is 14.3. The van der Waals surface area contributed by atoms with E-state index in [1.807, 2.05) is 30.5 Å². The third-order valence-electron chi connectivity index (χ3n) is 4.71. The van der Waals surface area contributed by atoms with E-state index in [1.54, 1.807) is 13.3 Å². The van der Waals surface area contributed by atoms with E-state index in [0.29, 0.717) is 5.89 Å². The summed E-state index contributed by atoms with van der Waals surface area (Å²) < 4.78 is 11.3. The highest BCUT2D eigenvalue weighted by atomic mass is 16.5. The summed E-state index contributed by atoms with van der Waals surface area (Å²) in [7, 11) is 1.64. The van der Waals surface area contributed by atoms with Crippen LogP contribution in [0.4, 0.5) is 0 Å². The number of rotatable bonds is 3. The highest BCUT2D eigenvalue weighted by Gasteiger charge is 2.18. The summed E-state index contributed by atoms with van der Waals surface area (Å²) in [5.41, 5.74) is 7.31. The molecule has 0 bridgehead atoms. The van der Waals surface area contributed by atoms with Crippen LogP contribution < -0.4 is 4.74 Å². The second-order valence-electron chi connectivity index (χ2n) is 6.36. The molecule has 0 unspecified atom stereocenters. The molecule has 1 aliphatic carbocycles. The lowest BCUT2D eigenvalue weighted by Gasteiger charge is -2.03. The first kappa shape index (κ1) is 14.9. The van der Waals surface area contributed by atoms with Crippen LogP contribution in [-0.2, 0) is 6.42 Å². The Morgan fingerprint density at radius 1 is 1.00 bits per heavy atom. The fourth-order valence-corrected chi connectivity index (χ4v) is 3.35. The van der Waals surface area contributed by atoms with Gasteiger partial charge in [0, 0.05) is 23.8 Å². The minimum absolute atomic E-state index is 0.692. The molecule has 0 amide bonds. The molecule has 2 heterocycles. The van der Waals surface area contributed by atoms with E-state index in [4.69, 9.17) is 9.15 Å². The second kappa shape index (κ2) is 5.85. The van der Waals surface area contributed by atoms with Gasteiger partial charge >= 0.3 is 0 Å². The van der Waals surface area contributed by atoms with Crippen molar-refractivity contribution in [2.45, 2.75) is 6.42 Å². The van der Waals surface area contributed by atoms with Crippen LogP contribution in [0.25, 0.3) is 33.9 Å².